The van der Waals surface area contributed by atoms with Crippen LogP contribution in [0.15, 0.2) is 36.4 Å². The molecule has 0 bridgehead atoms. The summed E-state index contributed by atoms with van der Waals surface area (Å²) in [6.45, 7) is 1.60. The van der Waals surface area contributed by atoms with E-state index in [2.05, 4.69) is 0 Å². The van der Waals surface area contributed by atoms with Gasteiger partial charge in [0.05, 0.1) is 10.5 Å². The zero-order chi connectivity index (χ0) is 16.3. The highest BCUT2D eigenvalue weighted by Gasteiger charge is 2.35. The molecular formula is C15H13INO5+. The standard InChI is InChI=1S/C15H12INO5/c1-2-12(18)10-8-11(17(21)22)15(20)13(14(10)19)16-9-6-4-3-5-7-9/h3-8H,2H2,1H3,(H-,18,19,20)/p+1. The van der Waals surface area contributed by atoms with E-state index in [0.29, 0.717) is 0 Å². The fourth-order valence-corrected chi connectivity index (χ4v) is 4.31. The number of halogens is 1. The zero-order valence-corrected chi connectivity index (χ0v) is 13.8. The van der Waals surface area contributed by atoms with Crippen molar-refractivity contribution in [2.75, 3.05) is 0 Å². The maximum absolute atomic E-state index is 11.9. The van der Waals surface area contributed by atoms with E-state index in [4.69, 9.17) is 0 Å². The van der Waals surface area contributed by atoms with E-state index in [1.54, 1.807) is 19.1 Å². The van der Waals surface area contributed by atoms with Gasteiger partial charge in [-0.05, 0) is 12.1 Å². The molecule has 0 aliphatic rings. The van der Waals surface area contributed by atoms with Crippen molar-refractivity contribution in [1.82, 2.24) is 0 Å². The first-order valence-electron chi connectivity index (χ1n) is 6.42. The molecule has 0 aromatic heterocycles. The molecule has 0 aliphatic heterocycles. The Balaban J connectivity index is 2.62. The average molecular weight is 414 g/mol. The fraction of sp³-hybridized carbons (Fsp3) is 0.133. The van der Waals surface area contributed by atoms with Gasteiger partial charge in [0.1, 0.15) is 0 Å². The maximum atomic E-state index is 11.9. The van der Waals surface area contributed by atoms with Crippen LogP contribution in [0.2, 0.25) is 0 Å². The second-order valence-corrected chi connectivity index (χ2v) is 7.24. The van der Waals surface area contributed by atoms with Crippen LogP contribution >= 0.6 is 0 Å². The molecule has 0 unspecified atom stereocenters. The molecule has 7 heteroatoms. The molecule has 0 heterocycles. The SMILES string of the molecule is CCC(=O)c1cc([N+](=O)[O-])c(O)c([I+]c2ccccc2)c1O. The number of phenols is 2. The summed E-state index contributed by atoms with van der Waals surface area (Å²) in [7, 11) is 0. The Morgan fingerprint density at radius 2 is 1.86 bits per heavy atom. The summed E-state index contributed by atoms with van der Waals surface area (Å²) in [6, 6.07) is 10.00. The molecule has 114 valence electrons. The van der Waals surface area contributed by atoms with Crippen molar-refractivity contribution in [2.45, 2.75) is 13.3 Å². The zero-order valence-electron chi connectivity index (χ0n) is 11.6. The van der Waals surface area contributed by atoms with Crippen LogP contribution in [0, 0.1) is 17.3 Å². The number of benzene rings is 2. The summed E-state index contributed by atoms with van der Waals surface area (Å²) >= 11 is -1.06. The topological polar surface area (TPSA) is 101 Å². The summed E-state index contributed by atoms with van der Waals surface area (Å²) in [6.07, 6.45) is 0.110. The van der Waals surface area contributed by atoms with Gasteiger partial charge in [-0.25, -0.2) is 0 Å². The second-order valence-electron chi connectivity index (χ2n) is 4.38. The number of hydrogen-bond acceptors (Lipinski definition) is 5. The normalized spacial score (nSPS) is 10.4. The molecule has 0 fully saturated rings. The number of Topliss-reactive ketones (excluding diaryl/α,β-unsaturated/α-hetero) is 1. The Labute approximate surface area is 136 Å². The molecule has 0 atom stereocenters. The van der Waals surface area contributed by atoms with Crippen molar-refractivity contribution < 1.29 is 41.1 Å². The first-order chi connectivity index (χ1) is 10.5. The lowest BCUT2D eigenvalue weighted by Gasteiger charge is -2.04. The van der Waals surface area contributed by atoms with Gasteiger partial charge in [0.2, 0.25) is 0 Å². The van der Waals surface area contributed by atoms with Gasteiger partial charge in [-0.15, -0.1) is 0 Å². The van der Waals surface area contributed by atoms with Gasteiger partial charge < -0.3 is 10.2 Å². The molecule has 22 heavy (non-hydrogen) atoms. The minimum absolute atomic E-state index is 0.0935. The predicted octanol–water partition coefficient (Wildman–Crippen LogP) is -0.273. The van der Waals surface area contributed by atoms with Crippen LogP contribution in [-0.4, -0.2) is 20.9 Å². The quantitative estimate of drug-likeness (QED) is 0.304. The van der Waals surface area contributed by atoms with E-state index >= 15 is 0 Å². The Hall–Kier alpha value is -2.16. The van der Waals surface area contributed by atoms with Crippen LogP contribution in [0.25, 0.3) is 0 Å². The van der Waals surface area contributed by atoms with E-state index in [-0.39, 0.29) is 21.3 Å². The minimum atomic E-state index is -1.06. The number of nitro benzene ring substituents is 1. The number of carbonyl (C=O) groups excluding carboxylic acids is 1. The molecule has 2 aromatic rings. The smallest absolute Gasteiger partial charge is 0.366 e. The van der Waals surface area contributed by atoms with Crippen molar-refractivity contribution in [1.29, 1.82) is 0 Å². The molecule has 0 radical (unpaired) electrons. The number of carbonyl (C=O) groups is 1. The molecule has 6 nitrogen and oxygen atoms in total. The Kier molecular flexibility index (Phi) is 4.96. The molecule has 2 aromatic carbocycles. The van der Waals surface area contributed by atoms with Gasteiger partial charge in [-0.2, -0.15) is 0 Å². The van der Waals surface area contributed by atoms with E-state index < -0.39 is 43.3 Å². The highest BCUT2D eigenvalue weighted by molar-refractivity contribution is 5.99. The summed E-state index contributed by atoms with van der Waals surface area (Å²) in [5, 5.41) is 31.4. The van der Waals surface area contributed by atoms with E-state index in [1.165, 1.54) is 0 Å². The molecule has 0 saturated carbocycles. The van der Waals surface area contributed by atoms with Crippen molar-refractivity contribution in [3.05, 3.63) is 59.2 Å². The second kappa shape index (κ2) is 6.73. The Morgan fingerprint density at radius 3 is 2.41 bits per heavy atom. The van der Waals surface area contributed by atoms with Gasteiger partial charge in [-0.1, -0.05) is 25.1 Å². The number of rotatable bonds is 5. The van der Waals surface area contributed by atoms with Crippen molar-refractivity contribution in [3.8, 4) is 11.5 Å². The Bertz CT molecular complexity index is 730. The third-order valence-corrected chi connectivity index (χ3v) is 5.85. The van der Waals surface area contributed by atoms with Crippen LogP contribution in [0.4, 0.5) is 5.69 Å². The third kappa shape index (κ3) is 3.19. The van der Waals surface area contributed by atoms with Gasteiger partial charge in [0.25, 0.3) is 9.32 Å². The molecule has 0 saturated heterocycles. The third-order valence-electron chi connectivity index (χ3n) is 2.95. The van der Waals surface area contributed by atoms with Crippen LogP contribution in [0.3, 0.4) is 0 Å². The maximum Gasteiger partial charge on any atom is 0.366 e. The van der Waals surface area contributed by atoms with Crippen LogP contribution < -0.4 is 21.2 Å². The lowest BCUT2D eigenvalue weighted by atomic mass is 10.1. The van der Waals surface area contributed by atoms with Gasteiger partial charge >= 0.3 is 26.9 Å². The van der Waals surface area contributed by atoms with Gasteiger partial charge in [0, 0.05) is 12.5 Å². The van der Waals surface area contributed by atoms with Crippen molar-refractivity contribution >= 4 is 11.5 Å². The molecule has 0 aliphatic carbocycles. The number of phenolic OH excluding ortho intramolecular Hbond substituents is 2. The first kappa shape index (κ1) is 16.2. The first-order valence-corrected chi connectivity index (χ1v) is 8.57. The van der Waals surface area contributed by atoms with Crippen molar-refractivity contribution in [2.24, 2.45) is 0 Å². The van der Waals surface area contributed by atoms with E-state index in [9.17, 15) is 25.1 Å². The number of hydrogen-bond donors (Lipinski definition) is 2. The number of nitro groups is 1. The molecule has 0 amide bonds. The fourth-order valence-electron chi connectivity index (χ4n) is 1.83. The lowest BCUT2D eigenvalue weighted by Crippen LogP contribution is -3.61. The van der Waals surface area contributed by atoms with Gasteiger partial charge in [0.15, 0.2) is 15.1 Å². The monoisotopic (exact) mass is 414 g/mol. The molecule has 2 N–H and O–H groups in total. The van der Waals surface area contributed by atoms with Crippen LogP contribution in [0.1, 0.15) is 23.7 Å². The summed E-state index contributed by atoms with van der Waals surface area (Å²) in [4.78, 5) is 22.2. The van der Waals surface area contributed by atoms with E-state index in [0.717, 1.165) is 9.64 Å². The predicted molar refractivity (Wildman–Crippen MR) is 74.9 cm³/mol. The number of ketones is 1. The largest absolute Gasteiger partial charge is 0.503 e. The Morgan fingerprint density at radius 1 is 1.23 bits per heavy atom. The highest BCUT2D eigenvalue weighted by atomic mass is 127. The summed E-state index contributed by atoms with van der Waals surface area (Å²) in [5.74, 6) is -1.32. The highest BCUT2D eigenvalue weighted by Crippen LogP contribution is 2.33. The van der Waals surface area contributed by atoms with Crippen molar-refractivity contribution in [3.63, 3.8) is 0 Å². The van der Waals surface area contributed by atoms with Crippen LogP contribution in [-0.2, 0) is 0 Å². The average Bonchev–Trinajstić information content (AvgIpc) is 2.51. The number of aromatic hydroxyl groups is 2. The number of nitrogens with zero attached hydrogens (tertiary/aromatic N) is 1. The molecular weight excluding hydrogens is 401 g/mol. The minimum Gasteiger partial charge on any atom is -0.503 e. The summed E-state index contributed by atoms with van der Waals surface area (Å²) in [5.41, 5.74) is -0.669. The summed E-state index contributed by atoms with van der Waals surface area (Å²) < 4.78 is 0.957. The van der Waals surface area contributed by atoms with Crippen LogP contribution in [0.5, 0.6) is 11.5 Å². The van der Waals surface area contributed by atoms with Gasteiger partial charge in [-0.3, -0.25) is 14.9 Å². The molecule has 2 rings (SSSR count). The van der Waals surface area contributed by atoms with E-state index in [1.807, 2.05) is 18.2 Å². The molecule has 0 spiro atoms. The lowest BCUT2D eigenvalue weighted by molar-refractivity contribution is -0.599.